The Morgan fingerprint density at radius 3 is 2.62 bits per heavy atom. The van der Waals surface area contributed by atoms with Crippen molar-refractivity contribution in [3.63, 3.8) is 0 Å². The average molecular weight is 325 g/mol. The van der Waals surface area contributed by atoms with E-state index in [9.17, 15) is 4.79 Å². The summed E-state index contributed by atoms with van der Waals surface area (Å²) in [6.45, 7) is 3.94. The molecule has 2 aromatic rings. The van der Waals surface area contributed by atoms with Gasteiger partial charge in [0.2, 0.25) is 0 Å². The number of hydrogen-bond acceptors (Lipinski definition) is 3. The molecule has 0 atom stereocenters. The molecule has 1 aromatic carbocycles. The Morgan fingerprint density at radius 2 is 1.96 bits per heavy atom. The molecule has 1 aliphatic rings. The summed E-state index contributed by atoms with van der Waals surface area (Å²) in [7, 11) is 0. The van der Waals surface area contributed by atoms with Gasteiger partial charge >= 0.3 is 6.03 Å². The molecule has 0 spiro atoms. The van der Waals surface area contributed by atoms with E-state index in [2.05, 4.69) is 10.3 Å². The topological polar surface area (TPSA) is 54.5 Å². The molecule has 3 rings (SSSR count). The molecular formula is C19H23N3O2. The molecule has 0 radical (unpaired) electrons. The molecule has 0 aliphatic carbocycles. The highest BCUT2D eigenvalue weighted by molar-refractivity contribution is 5.74. The molecule has 0 saturated carbocycles. The van der Waals surface area contributed by atoms with Crippen molar-refractivity contribution in [2.24, 2.45) is 0 Å². The van der Waals surface area contributed by atoms with Crippen LogP contribution in [0.1, 0.15) is 24.1 Å². The Balaban J connectivity index is 1.42. The summed E-state index contributed by atoms with van der Waals surface area (Å²) in [4.78, 5) is 18.3. The molecule has 2 heterocycles. The number of piperidine rings is 1. The van der Waals surface area contributed by atoms with Gasteiger partial charge in [0, 0.05) is 38.2 Å². The van der Waals surface area contributed by atoms with E-state index in [4.69, 9.17) is 4.74 Å². The van der Waals surface area contributed by atoms with Gasteiger partial charge in [-0.1, -0.05) is 30.3 Å². The quantitative estimate of drug-likeness (QED) is 0.939. The molecule has 5 heteroatoms. The molecule has 1 aliphatic heterocycles. The fourth-order valence-electron chi connectivity index (χ4n) is 2.78. The molecule has 5 nitrogen and oxygen atoms in total. The van der Waals surface area contributed by atoms with Crippen LogP contribution >= 0.6 is 0 Å². The fourth-order valence-corrected chi connectivity index (χ4v) is 2.78. The van der Waals surface area contributed by atoms with E-state index >= 15 is 0 Å². The summed E-state index contributed by atoms with van der Waals surface area (Å²) in [6.07, 6.45) is 3.58. The molecule has 24 heavy (non-hydrogen) atoms. The highest BCUT2D eigenvalue weighted by Gasteiger charge is 2.23. The first-order chi connectivity index (χ1) is 11.7. The van der Waals surface area contributed by atoms with Gasteiger partial charge in [0.05, 0.1) is 6.20 Å². The van der Waals surface area contributed by atoms with Crippen LogP contribution in [0, 0.1) is 6.92 Å². The zero-order valence-electron chi connectivity index (χ0n) is 13.9. The molecule has 2 amide bonds. The number of carbonyl (C=O) groups excluding carboxylic acids is 1. The number of aryl methyl sites for hydroxylation is 1. The predicted octanol–water partition coefficient (Wildman–Crippen LogP) is 3.14. The summed E-state index contributed by atoms with van der Waals surface area (Å²) >= 11 is 0. The van der Waals surface area contributed by atoms with Gasteiger partial charge < -0.3 is 15.0 Å². The molecule has 1 N–H and O–H groups in total. The number of likely N-dealkylation sites (tertiary alicyclic amines) is 1. The van der Waals surface area contributed by atoms with Gasteiger partial charge in [-0.3, -0.25) is 4.98 Å². The molecule has 0 unspecified atom stereocenters. The standard InChI is InChI=1S/C19H23N3O2/c1-15-7-8-18(14-20-15)24-17-9-11-22(12-10-17)19(23)21-13-16-5-3-2-4-6-16/h2-8,14,17H,9-13H2,1H3,(H,21,23). The molecule has 126 valence electrons. The lowest BCUT2D eigenvalue weighted by Crippen LogP contribution is -2.46. The Kier molecular flexibility index (Phi) is 5.31. The van der Waals surface area contributed by atoms with Crippen molar-refractivity contribution in [1.29, 1.82) is 0 Å². The molecule has 0 bridgehead atoms. The average Bonchev–Trinajstić information content (AvgIpc) is 2.63. The van der Waals surface area contributed by atoms with Crippen LogP contribution in [0.3, 0.4) is 0 Å². The van der Waals surface area contributed by atoms with Crippen molar-refractivity contribution in [3.05, 3.63) is 59.9 Å². The summed E-state index contributed by atoms with van der Waals surface area (Å²) < 4.78 is 5.95. The second-order valence-corrected chi connectivity index (χ2v) is 6.08. The van der Waals surface area contributed by atoms with Crippen molar-refractivity contribution >= 4 is 6.03 Å². The second-order valence-electron chi connectivity index (χ2n) is 6.08. The van der Waals surface area contributed by atoms with Gasteiger partial charge in [-0.05, 0) is 24.6 Å². The normalized spacial score (nSPS) is 15.1. The van der Waals surface area contributed by atoms with Gasteiger partial charge in [-0.25, -0.2) is 4.79 Å². The number of nitrogens with one attached hydrogen (secondary N) is 1. The number of aromatic nitrogens is 1. The third kappa shape index (κ3) is 4.47. The van der Waals surface area contributed by atoms with Crippen molar-refractivity contribution in [2.75, 3.05) is 13.1 Å². The van der Waals surface area contributed by atoms with Crippen molar-refractivity contribution < 1.29 is 9.53 Å². The largest absolute Gasteiger partial charge is 0.489 e. The fraction of sp³-hybridized carbons (Fsp3) is 0.368. The van der Waals surface area contributed by atoms with E-state index in [1.807, 2.05) is 54.3 Å². The first-order valence-electron chi connectivity index (χ1n) is 8.37. The lowest BCUT2D eigenvalue weighted by atomic mass is 10.1. The minimum Gasteiger partial charge on any atom is -0.489 e. The van der Waals surface area contributed by atoms with Gasteiger partial charge in [0.15, 0.2) is 0 Å². The van der Waals surface area contributed by atoms with Crippen LogP contribution in [0.25, 0.3) is 0 Å². The van der Waals surface area contributed by atoms with E-state index in [1.54, 1.807) is 6.20 Å². The molecule has 1 saturated heterocycles. The number of carbonyl (C=O) groups is 1. The van der Waals surface area contributed by atoms with Gasteiger partial charge in [0.1, 0.15) is 11.9 Å². The number of benzene rings is 1. The van der Waals surface area contributed by atoms with E-state index in [0.29, 0.717) is 19.6 Å². The number of urea groups is 1. The monoisotopic (exact) mass is 325 g/mol. The van der Waals surface area contributed by atoms with Crippen LogP contribution in [-0.2, 0) is 6.54 Å². The number of hydrogen-bond donors (Lipinski definition) is 1. The number of nitrogens with zero attached hydrogens (tertiary/aromatic N) is 2. The first kappa shape index (κ1) is 16.3. The number of rotatable bonds is 4. The van der Waals surface area contributed by atoms with Crippen molar-refractivity contribution in [3.8, 4) is 5.75 Å². The molecule has 1 aromatic heterocycles. The van der Waals surface area contributed by atoms with E-state index in [-0.39, 0.29) is 12.1 Å². The predicted molar refractivity (Wildman–Crippen MR) is 92.9 cm³/mol. The minimum atomic E-state index is -0.00527. The van der Waals surface area contributed by atoms with Gasteiger partial charge in [-0.2, -0.15) is 0 Å². The zero-order valence-corrected chi connectivity index (χ0v) is 13.9. The number of pyridine rings is 1. The summed E-state index contributed by atoms with van der Waals surface area (Å²) in [5.41, 5.74) is 2.09. The van der Waals surface area contributed by atoms with Crippen LogP contribution in [0.4, 0.5) is 4.79 Å². The van der Waals surface area contributed by atoms with Gasteiger partial charge in [0.25, 0.3) is 0 Å². The minimum absolute atomic E-state index is 0.00527. The van der Waals surface area contributed by atoms with Crippen LogP contribution in [0.2, 0.25) is 0 Å². The Bertz CT molecular complexity index is 650. The maximum Gasteiger partial charge on any atom is 0.317 e. The highest BCUT2D eigenvalue weighted by atomic mass is 16.5. The van der Waals surface area contributed by atoms with Crippen molar-refractivity contribution in [1.82, 2.24) is 15.2 Å². The first-order valence-corrected chi connectivity index (χ1v) is 8.37. The van der Waals surface area contributed by atoms with E-state index in [1.165, 1.54) is 0 Å². The Morgan fingerprint density at radius 1 is 1.21 bits per heavy atom. The van der Waals surface area contributed by atoms with Crippen LogP contribution in [0.15, 0.2) is 48.7 Å². The Hall–Kier alpha value is -2.56. The second kappa shape index (κ2) is 7.81. The van der Waals surface area contributed by atoms with E-state index in [0.717, 1.165) is 29.8 Å². The maximum atomic E-state index is 12.2. The number of ether oxygens (including phenoxy) is 1. The third-order valence-corrected chi connectivity index (χ3v) is 4.20. The zero-order chi connectivity index (χ0) is 16.8. The number of amides is 2. The lowest BCUT2D eigenvalue weighted by Gasteiger charge is -2.32. The van der Waals surface area contributed by atoms with Crippen LogP contribution < -0.4 is 10.1 Å². The lowest BCUT2D eigenvalue weighted by molar-refractivity contribution is 0.110. The SMILES string of the molecule is Cc1ccc(OC2CCN(C(=O)NCc3ccccc3)CC2)cn1. The molecule has 1 fully saturated rings. The van der Waals surface area contributed by atoms with Crippen LogP contribution in [0.5, 0.6) is 5.75 Å². The third-order valence-electron chi connectivity index (χ3n) is 4.20. The van der Waals surface area contributed by atoms with E-state index < -0.39 is 0 Å². The molecular weight excluding hydrogens is 302 g/mol. The van der Waals surface area contributed by atoms with Crippen LogP contribution in [-0.4, -0.2) is 35.1 Å². The van der Waals surface area contributed by atoms with Gasteiger partial charge in [-0.15, -0.1) is 0 Å². The van der Waals surface area contributed by atoms with Crippen molar-refractivity contribution in [2.45, 2.75) is 32.4 Å². The highest BCUT2D eigenvalue weighted by Crippen LogP contribution is 2.18. The smallest absolute Gasteiger partial charge is 0.317 e. The summed E-state index contributed by atoms with van der Waals surface area (Å²) in [5, 5.41) is 2.98. The maximum absolute atomic E-state index is 12.2. The summed E-state index contributed by atoms with van der Waals surface area (Å²) in [6, 6.07) is 13.8. The Labute approximate surface area is 142 Å². The summed E-state index contributed by atoms with van der Waals surface area (Å²) in [5.74, 6) is 0.799.